The fourth-order valence-electron chi connectivity index (χ4n) is 10.1. The minimum atomic E-state index is -0.319. The van der Waals surface area contributed by atoms with Crippen molar-refractivity contribution in [1.29, 1.82) is 5.26 Å². The summed E-state index contributed by atoms with van der Waals surface area (Å²) in [4.78, 5) is 6.29. The maximum Gasteiger partial charge on any atom is 0.270 e. The van der Waals surface area contributed by atoms with Crippen LogP contribution in [-0.4, -0.2) is 36.5 Å². The van der Waals surface area contributed by atoms with Crippen molar-refractivity contribution < 1.29 is 9.68 Å². The van der Waals surface area contributed by atoms with Gasteiger partial charge in [-0.2, -0.15) is 0 Å². The van der Waals surface area contributed by atoms with Crippen molar-refractivity contribution in [2.45, 2.75) is 105 Å². The molecule has 7 rings (SSSR count). The molecule has 0 saturated carbocycles. The number of benzene rings is 5. The van der Waals surface area contributed by atoms with E-state index >= 15 is 5.11 Å². The van der Waals surface area contributed by atoms with E-state index in [-0.39, 0.29) is 28.2 Å². The highest BCUT2D eigenvalue weighted by Gasteiger charge is 2.41. The van der Waals surface area contributed by atoms with Crippen molar-refractivity contribution in [3.63, 3.8) is 0 Å². The minimum absolute atomic E-state index is 0.199. The molecule has 0 spiro atoms. The number of fused-ring (bicyclic) bond motifs is 4. The molecule has 0 atom stereocenters. The second kappa shape index (κ2) is 20.2. The molecule has 5 aromatic carbocycles. The smallest absolute Gasteiger partial charge is 0.270 e. The van der Waals surface area contributed by atoms with E-state index in [0.29, 0.717) is 55.8 Å². The van der Waals surface area contributed by atoms with Crippen LogP contribution in [0, 0.1) is 17.9 Å². The summed E-state index contributed by atoms with van der Waals surface area (Å²) >= 11 is 0. The number of rotatable bonds is 18. The minimum Gasteiger partial charge on any atom is -0.872 e. The van der Waals surface area contributed by atoms with Gasteiger partial charge >= 0.3 is 0 Å². The molecule has 5 aromatic rings. The van der Waals surface area contributed by atoms with Gasteiger partial charge in [-0.25, -0.2) is 14.7 Å². The van der Waals surface area contributed by atoms with E-state index in [2.05, 4.69) is 72.4 Å². The summed E-state index contributed by atoms with van der Waals surface area (Å²) in [6.07, 6.45) is 12.9. The predicted molar refractivity (Wildman–Crippen MR) is 268 cm³/mol. The lowest BCUT2D eigenvalue weighted by molar-refractivity contribution is -0.528. The van der Waals surface area contributed by atoms with Gasteiger partial charge in [0.05, 0.1) is 29.5 Å². The summed E-state index contributed by atoms with van der Waals surface area (Å²) < 4.78 is 2.47. The molecular weight excluding hydrogens is 789 g/mol. The molecule has 64 heavy (non-hydrogen) atoms. The third-order valence-electron chi connectivity index (χ3n) is 13.1. The van der Waals surface area contributed by atoms with Gasteiger partial charge in [0, 0.05) is 98.1 Å². The van der Waals surface area contributed by atoms with E-state index < -0.39 is 0 Å². The fraction of sp³-hybridized carbons (Fsp3) is 0.364. The molecule has 0 aliphatic heterocycles. The Morgan fingerprint density at radius 1 is 0.609 bits per heavy atom. The van der Waals surface area contributed by atoms with E-state index in [1.54, 1.807) is 0 Å². The number of nitrogens with zero attached hydrogens (tertiary/aromatic N) is 4. The molecule has 0 radical (unpaired) electrons. The van der Waals surface area contributed by atoms with Crippen LogP contribution < -0.4 is 32.9 Å². The zero-order chi connectivity index (χ0) is 45.5. The molecule has 0 bridgehead atoms. The second-order valence-electron chi connectivity index (χ2n) is 17.4. The summed E-state index contributed by atoms with van der Waals surface area (Å²) in [6, 6.07) is 25.7. The maximum absolute atomic E-state index is 15.8. The first-order valence-corrected chi connectivity index (χ1v) is 23.5. The van der Waals surface area contributed by atoms with Gasteiger partial charge in [-0.05, 0) is 73.2 Å². The molecule has 0 heterocycles. The van der Waals surface area contributed by atoms with Gasteiger partial charge in [0.15, 0.2) is 0 Å². The third kappa shape index (κ3) is 8.16. The van der Waals surface area contributed by atoms with Gasteiger partial charge in [-0.1, -0.05) is 108 Å². The largest absolute Gasteiger partial charge is 0.872 e. The molecule has 9 heteroatoms. The molecule has 0 unspecified atom stereocenters. The normalized spacial score (nSPS) is 14.0. The van der Waals surface area contributed by atoms with E-state index in [9.17, 15) is 5.26 Å². The molecule has 2 aliphatic rings. The molecule has 0 saturated heterocycles. The molecule has 9 nitrogen and oxygen atoms in total. The number of nitrogen functional groups attached to an aromatic ring is 4. The Hall–Kier alpha value is -6.71. The highest BCUT2D eigenvalue weighted by molar-refractivity contribution is 6.28. The molecule has 0 aromatic heterocycles. The lowest BCUT2D eigenvalue weighted by Gasteiger charge is -2.41. The van der Waals surface area contributed by atoms with Crippen LogP contribution in [0.4, 0.5) is 28.4 Å². The monoisotopic (exact) mass is 853 g/mol. The SMILES string of the molecule is [C-]#[N+]/C(C#N)=C1\C(=C2c3c(N)cccc3C(=[N+](CCCCC)CCCCC)c3cccc(N)c32)C([O-])=C1c1c2c(N)cccc2c(N(CCCCC)CCCCC)c2cccc(N)c12. The number of unbranched alkanes of at least 4 members (excludes halogenated alkanes) is 8. The fourth-order valence-corrected chi connectivity index (χ4v) is 10.1. The van der Waals surface area contributed by atoms with Crippen LogP contribution in [0.2, 0.25) is 0 Å². The zero-order valence-corrected chi connectivity index (χ0v) is 38.2. The Kier molecular flexibility index (Phi) is 14.3. The van der Waals surface area contributed by atoms with Gasteiger partial charge in [-0.3, -0.25) is 0 Å². The Balaban J connectivity index is 1.62. The quantitative estimate of drug-likeness (QED) is 0.0167. The van der Waals surface area contributed by atoms with E-state index in [1.165, 1.54) is 0 Å². The van der Waals surface area contributed by atoms with Crippen LogP contribution >= 0.6 is 0 Å². The number of nitriles is 1. The summed E-state index contributed by atoms with van der Waals surface area (Å²) in [6.45, 7) is 20.7. The molecular formula is C55H64N8O. The molecule has 2 aliphatic carbocycles. The summed E-state index contributed by atoms with van der Waals surface area (Å²) in [7, 11) is 0. The van der Waals surface area contributed by atoms with Crippen molar-refractivity contribution in [2.24, 2.45) is 0 Å². The first kappa shape index (κ1) is 45.3. The molecule has 0 amide bonds. The van der Waals surface area contributed by atoms with Gasteiger partial charge in [0.25, 0.3) is 5.70 Å². The summed E-state index contributed by atoms with van der Waals surface area (Å²) in [5, 5.41) is 29.7. The Morgan fingerprint density at radius 2 is 1.06 bits per heavy atom. The first-order valence-electron chi connectivity index (χ1n) is 23.5. The maximum atomic E-state index is 15.8. The number of hydrogen-bond donors (Lipinski definition) is 4. The Labute approximate surface area is 379 Å². The van der Waals surface area contributed by atoms with Crippen LogP contribution in [0.25, 0.3) is 37.5 Å². The third-order valence-corrected chi connectivity index (χ3v) is 13.1. The lowest BCUT2D eigenvalue weighted by atomic mass is 9.68. The highest BCUT2D eigenvalue weighted by atomic mass is 16.3. The zero-order valence-electron chi connectivity index (χ0n) is 38.2. The van der Waals surface area contributed by atoms with Gasteiger partial charge < -0.3 is 32.9 Å². The van der Waals surface area contributed by atoms with E-state index in [1.807, 2.05) is 48.5 Å². The van der Waals surface area contributed by atoms with Crippen molar-refractivity contribution in [2.75, 3.05) is 54.0 Å². The number of allylic oxidation sites excluding steroid dienone is 3. The van der Waals surface area contributed by atoms with Gasteiger partial charge in [-0.15, -0.1) is 0 Å². The highest BCUT2D eigenvalue weighted by Crippen LogP contribution is 2.57. The molecule has 330 valence electrons. The average Bonchev–Trinajstić information content (AvgIpc) is 3.28. The first-order chi connectivity index (χ1) is 31.2. The van der Waals surface area contributed by atoms with Crippen molar-refractivity contribution in [1.82, 2.24) is 0 Å². The van der Waals surface area contributed by atoms with Crippen molar-refractivity contribution >= 4 is 66.8 Å². The van der Waals surface area contributed by atoms with Crippen LogP contribution in [0.1, 0.15) is 133 Å². The standard InChI is InChI=1S/C55H64N8O/c1-6-10-14-30-62(31-15-11-7-2)53-35-22-18-26-39(57)44(35)49(45-36(53)23-19-27-40(45)58)51-48(43(34-56)61-5)52(55(51)64)50-46-37(24-20-28-41(46)59)54(38-25-21-29-42(60)47(38)50)63(32-16-12-8-3)33-17-13-9-4/h18-29H,6-17,30-33,57-60H2,1-4H3. The summed E-state index contributed by atoms with van der Waals surface area (Å²) in [5.74, 6) is -0.319. The van der Waals surface area contributed by atoms with Crippen LogP contribution in [0.5, 0.6) is 0 Å². The number of anilines is 5. The predicted octanol–water partition coefficient (Wildman–Crippen LogP) is 11.3. The van der Waals surface area contributed by atoms with E-state index in [4.69, 9.17) is 29.5 Å². The lowest BCUT2D eigenvalue weighted by Crippen LogP contribution is -2.32. The second-order valence-corrected chi connectivity index (χ2v) is 17.4. The molecule has 8 N–H and O–H groups in total. The van der Waals surface area contributed by atoms with Crippen LogP contribution in [-0.2, 0) is 0 Å². The van der Waals surface area contributed by atoms with Crippen molar-refractivity contribution in [3.05, 3.63) is 135 Å². The van der Waals surface area contributed by atoms with Gasteiger partial charge in [0.2, 0.25) is 5.71 Å². The van der Waals surface area contributed by atoms with E-state index in [0.717, 1.165) is 137 Å². The Morgan fingerprint density at radius 3 is 1.52 bits per heavy atom. The topological polar surface area (TPSA) is 162 Å². The average molecular weight is 853 g/mol. The van der Waals surface area contributed by atoms with Gasteiger partial charge in [0.1, 0.15) is 13.1 Å². The van der Waals surface area contributed by atoms with Crippen LogP contribution in [0.3, 0.4) is 0 Å². The van der Waals surface area contributed by atoms with Crippen molar-refractivity contribution in [3.8, 4) is 6.07 Å². The number of hydrogen-bond acceptors (Lipinski definition) is 7. The summed E-state index contributed by atoms with van der Waals surface area (Å²) in [5.41, 5.74) is 37.0. The number of nitrogens with two attached hydrogens (primary N) is 4. The molecule has 0 fully saturated rings. The Bertz CT molecular complexity index is 2650. The van der Waals surface area contributed by atoms with Crippen LogP contribution in [0.15, 0.2) is 95.4 Å².